The Labute approximate surface area is 241 Å². The normalized spacial score (nSPS) is 27.4. The molecule has 0 spiro atoms. The van der Waals surface area contributed by atoms with Gasteiger partial charge in [-0.05, 0) is 67.6 Å². The fourth-order valence-electron chi connectivity index (χ4n) is 5.80. The lowest BCUT2D eigenvalue weighted by Crippen LogP contribution is -2.46. The van der Waals surface area contributed by atoms with Crippen molar-refractivity contribution in [2.45, 2.75) is 115 Å². The first-order chi connectivity index (χ1) is 18.9. The SMILES string of the molecule is CCCCC1(CC(=O)O)[C@H](CC[C@@H](COc2ccccc2)O[Si](C)(C)C(C)(C)C)[C@H](O[C@@H]2C=CC=CO2)C[C@@H]1O. The van der Waals surface area contributed by atoms with E-state index in [1.165, 1.54) is 0 Å². The van der Waals surface area contributed by atoms with Crippen LogP contribution in [-0.4, -0.2) is 55.7 Å². The van der Waals surface area contributed by atoms with Crippen LogP contribution in [0.5, 0.6) is 5.75 Å². The van der Waals surface area contributed by atoms with Crippen molar-refractivity contribution in [3.63, 3.8) is 0 Å². The number of aliphatic hydroxyl groups excluding tert-OH is 1. The van der Waals surface area contributed by atoms with Crippen molar-refractivity contribution in [1.29, 1.82) is 0 Å². The molecule has 2 N–H and O–H groups in total. The van der Waals surface area contributed by atoms with E-state index in [1.807, 2.05) is 42.5 Å². The Morgan fingerprint density at radius 2 is 1.93 bits per heavy atom. The number of ether oxygens (including phenoxy) is 3. The van der Waals surface area contributed by atoms with E-state index in [0.29, 0.717) is 32.3 Å². The minimum absolute atomic E-state index is 0.0273. The predicted molar refractivity (Wildman–Crippen MR) is 160 cm³/mol. The molecule has 1 saturated carbocycles. The highest BCUT2D eigenvalue weighted by Gasteiger charge is 2.56. The van der Waals surface area contributed by atoms with Crippen LogP contribution in [0.25, 0.3) is 0 Å². The molecule has 1 heterocycles. The molecular formula is C32H50O7Si. The molecule has 40 heavy (non-hydrogen) atoms. The first-order valence-corrected chi connectivity index (χ1v) is 17.7. The number of carboxylic acids is 1. The lowest BCUT2D eigenvalue weighted by molar-refractivity contribution is -0.147. The third kappa shape index (κ3) is 8.44. The Morgan fingerprint density at radius 1 is 1.20 bits per heavy atom. The highest BCUT2D eigenvalue weighted by Crippen LogP contribution is 2.53. The van der Waals surface area contributed by atoms with Gasteiger partial charge in [0.1, 0.15) is 12.4 Å². The summed E-state index contributed by atoms with van der Waals surface area (Å²) in [6.07, 6.45) is 9.29. The van der Waals surface area contributed by atoms with Gasteiger partial charge in [-0.3, -0.25) is 4.79 Å². The smallest absolute Gasteiger partial charge is 0.304 e. The number of aliphatic carboxylic acids is 1. The molecule has 1 aliphatic heterocycles. The molecule has 0 radical (unpaired) electrons. The molecule has 0 amide bonds. The van der Waals surface area contributed by atoms with E-state index in [9.17, 15) is 15.0 Å². The molecule has 0 bridgehead atoms. The van der Waals surface area contributed by atoms with E-state index >= 15 is 0 Å². The zero-order valence-electron chi connectivity index (χ0n) is 25.2. The standard InChI is InChI=1S/C32H50O7Si/c1-7-8-19-32(22-29(34)35)26(27(21-28(32)33)38-30-16-12-13-20-36-30)18-17-25(39-40(5,6)31(2,3)4)23-37-24-14-10-9-11-15-24/h9-16,20,25-28,30,33H,7-8,17-19,21-23H2,1-6H3,(H,34,35)/t25-,26+,27+,28-,30+,32?/m0/s1. The molecule has 0 aromatic heterocycles. The lowest BCUT2D eigenvalue weighted by Gasteiger charge is -2.41. The molecule has 0 saturated heterocycles. The van der Waals surface area contributed by atoms with Gasteiger partial charge in [-0.2, -0.15) is 0 Å². The Bertz CT molecular complexity index is 987. The number of hydrogen-bond donors (Lipinski definition) is 2. The molecule has 8 heteroatoms. The summed E-state index contributed by atoms with van der Waals surface area (Å²) in [5.41, 5.74) is -0.775. The van der Waals surface area contributed by atoms with Crippen LogP contribution in [0.3, 0.4) is 0 Å². The summed E-state index contributed by atoms with van der Waals surface area (Å²) in [4.78, 5) is 12.2. The van der Waals surface area contributed by atoms with Crippen molar-refractivity contribution in [1.82, 2.24) is 0 Å². The van der Waals surface area contributed by atoms with Crippen LogP contribution in [0.4, 0.5) is 0 Å². The van der Waals surface area contributed by atoms with Crippen LogP contribution in [-0.2, 0) is 18.7 Å². The van der Waals surface area contributed by atoms with Crippen molar-refractivity contribution >= 4 is 14.3 Å². The van der Waals surface area contributed by atoms with E-state index in [-0.39, 0.29) is 29.6 Å². The van der Waals surface area contributed by atoms with Crippen molar-refractivity contribution < 1.29 is 33.6 Å². The average molecular weight is 575 g/mol. The number of benzene rings is 1. The zero-order chi connectivity index (χ0) is 29.4. The molecule has 224 valence electrons. The summed E-state index contributed by atoms with van der Waals surface area (Å²) in [6, 6.07) is 9.74. The third-order valence-corrected chi connectivity index (χ3v) is 13.5. The maximum absolute atomic E-state index is 12.2. The molecule has 1 aromatic rings. The lowest BCUT2D eigenvalue weighted by atomic mass is 9.68. The van der Waals surface area contributed by atoms with Gasteiger partial charge in [-0.25, -0.2) is 0 Å². The van der Waals surface area contributed by atoms with Gasteiger partial charge < -0.3 is 28.8 Å². The summed E-state index contributed by atoms with van der Waals surface area (Å²) in [7, 11) is -2.12. The number of aliphatic hydroxyl groups is 1. The van der Waals surface area contributed by atoms with Crippen LogP contribution in [0.2, 0.25) is 18.1 Å². The first kappa shape index (κ1) is 32.4. The van der Waals surface area contributed by atoms with Crippen molar-refractivity contribution in [3.8, 4) is 5.75 Å². The number of carboxylic acid groups (broad SMARTS) is 1. The minimum Gasteiger partial charge on any atom is -0.491 e. The van der Waals surface area contributed by atoms with Gasteiger partial charge in [0.05, 0.1) is 31.0 Å². The van der Waals surface area contributed by atoms with Crippen LogP contribution in [0.15, 0.2) is 54.8 Å². The van der Waals surface area contributed by atoms with Crippen molar-refractivity contribution in [2.75, 3.05) is 6.61 Å². The highest BCUT2D eigenvalue weighted by molar-refractivity contribution is 6.74. The van der Waals surface area contributed by atoms with Crippen LogP contribution in [0.1, 0.15) is 72.6 Å². The van der Waals surface area contributed by atoms with Crippen molar-refractivity contribution in [2.24, 2.45) is 11.3 Å². The largest absolute Gasteiger partial charge is 0.491 e. The Balaban J connectivity index is 1.87. The number of unbranched alkanes of at least 4 members (excludes halogenated alkanes) is 1. The van der Waals surface area contributed by atoms with Gasteiger partial charge >= 0.3 is 5.97 Å². The fraction of sp³-hybridized carbons (Fsp3) is 0.656. The minimum atomic E-state index is -2.12. The van der Waals surface area contributed by atoms with Crippen LogP contribution in [0, 0.1) is 11.3 Å². The Hall–Kier alpha value is -2.13. The van der Waals surface area contributed by atoms with E-state index < -0.39 is 32.1 Å². The van der Waals surface area contributed by atoms with Gasteiger partial charge in [0.25, 0.3) is 0 Å². The molecular weight excluding hydrogens is 524 g/mol. The molecule has 1 aromatic carbocycles. The number of allylic oxidation sites excluding steroid dienone is 2. The second-order valence-corrected chi connectivity index (χ2v) is 17.6. The number of carbonyl (C=O) groups is 1. The summed E-state index contributed by atoms with van der Waals surface area (Å²) in [5, 5.41) is 21.4. The predicted octanol–water partition coefficient (Wildman–Crippen LogP) is 7.08. The Kier molecular flexibility index (Phi) is 11.5. The van der Waals surface area contributed by atoms with Gasteiger partial charge in [0, 0.05) is 11.8 Å². The van der Waals surface area contributed by atoms with Gasteiger partial charge in [0.2, 0.25) is 6.29 Å². The maximum Gasteiger partial charge on any atom is 0.304 e. The zero-order valence-corrected chi connectivity index (χ0v) is 26.2. The quantitative estimate of drug-likeness (QED) is 0.216. The molecule has 1 aliphatic carbocycles. The van der Waals surface area contributed by atoms with Gasteiger partial charge in [0.15, 0.2) is 8.32 Å². The second kappa shape index (κ2) is 14.2. The number of hydrogen-bond acceptors (Lipinski definition) is 6. The second-order valence-electron chi connectivity index (χ2n) is 12.9. The van der Waals surface area contributed by atoms with Crippen LogP contribution >= 0.6 is 0 Å². The topological polar surface area (TPSA) is 94.5 Å². The third-order valence-electron chi connectivity index (χ3n) is 9.01. The first-order valence-electron chi connectivity index (χ1n) is 14.8. The molecule has 6 atom stereocenters. The average Bonchev–Trinajstić information content (AvgIpc) is 3.14. The van der Waals surface area contributed by atoms with Gasteiger partial charge in [-0.1, -0.05) is 64.8 Å². The molecule has 3 rings (SSSR count). The molecule has 7 nitrogen and oxygen atoms in total. The van der Waals surface area contributed by atoms with Crippen molar-refractivity contribution in [3.05, 3.63) is 54.8 Å². The van der Waals surface area contributed by atoms with E-state index in [4.69, 9.17) is 18.6 Å². The fourth-order valence-corrected chi connectivity index (χ4v) is 7.17. The summed E-state index contributed by atoms with van der Waals surface area (Å²) < 4.78 is 25.1. The summed E-state index contributed by atoms with van der Waals surface area (Å²) in [6.45, 7) is 13.6. The highest BCUT2D eigenvalue weighted by atomic mass is 28.4. The number of para-hydroxylation sites is 1. The molecule has 1 unspecified atom stereocenters. The molecule has 2 aliphatic rings. The molecule has 1 fully saturated rings. The van der Waals surface area contributed by atoms with Gasteiger partial charge in [-0.15, -0.1) is 0 Å². The van der Waals surface area contributed by atoms with Crippen LogP contribution < -0.4 is 4.74 Å². The van der Waals surface area contributed by atoms with E-state index in [2.05, 4.69) is 40.8 Å². The summed E-state index contributed by atoms with van der Waals surface area (Å²) >= 11 is 0. The monoisotopic (exact) mass is 574 g/mol. The van der Waals surface area contributed by atoms with E-state index in [1.54, 1.807) is 12.3 Å². The van der Waals surface area contributed by atoms with E-state index in [0.717, 1.165) is 18.6 Å². The Morgan fingerprint density at radius 3 is 2.52 bits per heavy atom. The number of rotatable bonds is 15. The maximum atomic E-state index is 12.2. The summed E-state index contributed by atoms with van der Waals surface area (Å²) in [5.74, 6) is -0.268.